The van der Waals surface area contributed by atoms with Crippen LogP contribution in [-0.2, 0) is 4.79 Å². The number of para-hydroxylation sites is 1. The molecule has 1 aromatic carbocycles. The van der Waals surface area contributed by atoms with E-state index in [1.807, 2.05) is 18.2 Å². The number of ether oxygens (including phenoxy) is 1. The molecule has 1 aliphatic rings. The number of rotatable bonds is 4. The molecule has 0 aromatic heterocycles. The Morgan fingerprint density at radius 2 is 2.24 bits per heavy atom. The van der Waals surface area contributed by atoms with Gasteiger partial charge in [-0.15, -0.1) is 0 Å². The zero-order valence-electron chi connectivity index (χ0n) is 10.2. The highest BCUT2D eigenvalue weighted by Crippen LogP contribution is 2.33. The van der Waals surface area contributed by atoms with E-state index in [9.17, 15) is 4.79 Å². The smallest absolute Gasteiger partial charge is 0.237 e. The summed E-state index contributed by atoms with van der Waals surface area (Å²) in [5, 5.41) is 3.19. The summed E-state index contributed by atoms with van der Waals surface area (Å²) in [6.45, 7) is 4.92. The third-order valence-corrected chi connectivity index (χ3v) is 3.21. The normalized spacial score (nSPS) is 18.6. The van der Waals surface area contributed by atoms with Gasteiger partial charge in [0, 0.05) is 18.0 Å². The molecule has 2 rings (SSSR count). The number of benzene rings is 1. The Bertz CT molecular complexity index is 429. The highest BCUT2D eigenvalue weighted by Gasteiger charge is 2.29. The Balaban J connectivity index is 2.01. The van der Waals surface area contributed by atoms with Crippen LogP contribution in [-0.4, -0.2) is 24.6 Å². The average molecular weight is 234 g/mol. The van der Waals surface area contributed by atoms with Crippen LogP contribution in [0, 0.1) is 0 Å². The van der Waals surface area contributed by atoms with E-state index in [2.05, 4.69) is 11.4 Å². The van der Waals surface area contributed by atoms with E-state index < -0.39 is 5.54 Å². The van der Waals surface area contributed by atoms with Gasteiger partial charge < -0.3 is 15.8 Å². The van der Waals surface area contributed by atoms with Gasteiger partial charge in [-0.2, -0.15) is 0 Å². The van der Waals surface area contributed by atoms with Crippen molar-refractivity contribution in [2.24, 2.45) is 5.73 Å². The van der Waals surface area contributed by atoms with Crippen molar-refractivity contribution in [3.05, 3.63) is 29.8 Å². The highest BCUT2D eigenvalue weighted by atomic mass is 16.5. The first-order valence-corrected chi connectivity index (χ1v) is 5.77. The van der Waals surface area contributed by atoms with Gasteiger partial charge in [-0.05, 0) is 19.9 Å². The second kappa shape index (κ2) is 4.37. The minimum atomic E-state index is -0.683. The van der Waals surface area contributed by atoms with E-state index in [-0.39, 0.29) is 11.8 Å². The third kappa shape index (κ3) is 2.42. The number of primary amides is 1. The minimum absolute atomic E-state index is 0.282. The van der Waals surface area contributed by atoms with Crippen molar-refractivity contribution in [2.75, 3.05) is 13.2 Å². The van der Waals surface area contributed by atoms with Crippen LogP contribution in [0.3, 0.4) is 0 Å². The lowest BCUT2D eigenvalue weighted by Crippen LogP contribution is -2.51. The third-order valence-electron chi connectivity index (χ3n) is 3.21. The predicted octanol–water partition coefficient (Wildman–Crippen LogP) is 1.02. The maximum absolute atomic E-state index is 11.2. The van der Waals surface area contributed by atoms with E-state index >= 15 is 0 Å². The molecule has 1 amide bonds. The van der Waals surface area contributed by atoms with Crippen LogP contribution in [0.5, 0.6) is 5.75 Å². The zero-order valence-corrected chi connectivity index (χ0v) is 10.2. The number of fused-ring (bicyclic) bond motifs is 1. The quantitative estimate of drug-likeness (QED) is 0.817. The Morgan fingerprint density at radius 1 is 1.53 bits per heavy atom. The largest absolute Gasteiger partial charge is 0.493 e. The van der Waals surface area contributed by atoms with Crippen molar-refractivity contribution < 1.29 is 9.53 Å². The number of hydrogen-bond acceptors (Lipinski definition) is 3. The fourth-order valence-electron chi connectivity index (χ4n) is 1.86. The molecule has 1 unspecified atom stereocenters. The Labute approximate surface area is 101 Å². The van der Waals surface area contributed by atoms with Crippen LogP contribution < -0.4 is 15.8 Å². The van der Waals surface area contributed by atoms with E-state index in [1.165, 1.54) is 5.56 Å². The molecule has 0 spiro atoms. The van der Waals surface area contributed by atoms with Crippen LogP contribution in [0.4, 0.5) is 0 Å². The minimum Gasteiger partial charge on any atom is -0.493 e. The Hall–Kier alpha value is -1.55. The van der Waals surface area contributed by atoms with Crippen LogP contribution in [0.25, 0.3) is 0 Å². The van der Waals surface area contributed by atoms with Crippen LogP contribution in [0.15, 0.2) is 24.3 Å². The first-order valence-electron chi connectivity index (χ1n) is 5.77. The molecule has 1 aromatic rings. The Morgan fingerprint density at radius 3 is 2.94 bits per heavy atom. The first-order chi connectivity index (χ1) is 8.00. The van der Waals surface area contributed by atoms with E-state index in [0.717, 1.165) is 5.75 Å². The monoisotopic (exact) mass is 234 g/mol. The fraction of sp³-hybridized carbons (Fsp3) is 0.462. The molecular formula is C13H18N2O2. The summed E-state index contributed by atoms with van der Waals surface area (Å²) >= 11 is 0. The molecule has 0 aliphatic carbocycles. The van der Waals surface area contributed by atoms with Crippen molar-refractivity contribution in [1.82, 2.24) is 5.32 Å². The molecule has 1 atom stereocenters. The molecule has 4 nitrogen and oxygen atoms in total. The molecule has 0 bridgehead atoms. The molecule has 0 fully saturated rings. The second-order valence-corrected chi connectivity index (χ2v) is 4.92. The molecule has 1 heterocycles. The van der Waals surface area contributed by atoms with Gasteiger partial charge in [0.05, 0.1) is 12.1 Å². The van der Waals surface area contributed by atoms with Crippen LogP contribution in [0.1, 0.15) is 25.3 Å². The lowest BCUT2D eigenvalue weighted by Gasteiger charge is -2.24. The van der Waals surface area contributed by atoms with E-state index in [1.54, 1.807) is 13.8 Å². The molecular weight excluding hydrogens is 216 g/mol. The summed E-state index contributed by atoms with van der Waals surface area (Å²) < 4.78 is 5.58. The SMILES string of the molecule is CC(C)(NCC1COc2ccccc21)C(N)=O. The molecule has 17 heavy (non-hydrogen) atoms. The number of nitrogens with two attached hydrogens (primary N) is 1. The van der Waals surface area contributed by atoms with E-state index in [4.69, 9.17) is 10.5 Å². The van der Waals surface area contributed by atoms with Crippen molar-refractivity contribution in [3.8, 4) is 5.75 Å². The van der Waals surface area contributed by atoms with Gasteiger partial charge in [0.15, 0.2) is 0 Å². The Kier molecular flexibility index (Phi) is 3.07. The number of carbonyl (C=O) groups excluding carboxylic acids is 1. The van der Waals surface area contributed by atoms with Crippen LogP contribution in [0.2, 0.25) is 0 Å². The maximum atomic E-state index is 11.2. The number of hydrogen-bond donors (Lipinski definition) is 2. The van der Waals surface area contributed by atoms with Gasteiger partial charge >= 0.3 is 0 Å². The highest BCUT2D eigenvalue weighted by molar-refractivity contribution is 5.83. The summed E-state index contributed by atoms with van der Waals surface area (Å²) in [4.78, 5) is 11.2. The molecule has 0 saturated carbocycles. The summed E-state index contributed by atoms with van der Waals surface area (Å²) in [5.41, 5.74) is 5.83. The summed E-state index contributed by atoms with van der Waals surface area (Å²) in [5.74, 6) is 0.880. The average Bonchev–Trinajstić information content (AvgIpc) is 2.69. The second-order valence-electron chi connectivity index (χ2n) is 4.92. The zero-order chi connectivity index (χ0) is 12.5. The number of carbonyl (C=O) groups is 1. The predicted molar refractivity (Wildman–Crippen MR) is 66.0 cm³/mol. The molecule has 0 radical (unpaired) electrons. The lowest BCUT2D eigenvalue weighted by molar-refractivity contribution is -0.123. The van der Waals surface area contributed by atoms with Crippen molar-refractivity contribution in [3.63, 3.8) is 0 Å². The van der Waals surface area contributed by atoms with Crippen molar-refractivity contribution >= 4 is 5.91 Å². The van der Waals surface area contributed by atoms with Gasteiger partial charge in [0.25, 0.3) is 0 Å². The number of amides is 1. The first kappa shape index (κ1) is 11.9. The summed E-state index contributed by atoms with van der Waals surface area (Å²) in [6, 6.07) is 7.99. The molecule has 92 valence electrons. The van der Waals surface area contributed by atoms with Gasteiger partial charge in [0.1, 0.15) is 5.75 Å². The van der Waals surface area contributed by atoms with Gasteiger partial charge in [-0.25, -0.2) is 0 Å². The standard InChI is InChI=1S/C13H18N2O2/c1-13(2,12(14)16)15-7-9-8-17-11-6-4-3-5-10(9)11/h3-6,9,15H,7-8H2,1-2H3,(H2,14,16). The van der Waals surface area contributed by atoms with Gasteiger partial charge in [0.2, 0.25) is 5.91 Å². The van der Waals surface area contributed by atoms with Crippen molar-refractivity contribution in [1.29, 1.82) is 0 Å². The van der Waals surface area contributed by atoms with Crippen molar-refractivity contribution in [2.45, 2.75) is 25.3 Å². The summed E-state index contributed by atoms with van der Waals surface area (Å²) in [7, 11) is 0. The molecule has 1 aliphatic heterocycles. The fourth-order valence-corrected chi connectivity index (χ4v) is 1.86. The van der Waals surface area contributed by atoms with Gasteiger partial charge in [-0.3, -0.25) is 4.79 Å². The molecule has 3 N–H and O–H groups in total. The van der Waals surface area contributed by atoms with Crippen LogP contribution >= 0.6 is 0 Å². The lowest BCUT2D eigenvalue weighted by atomic mass is 9.98. The summed E-state index contributed by atoms with van der Waals surface area (Å²) in [6.07, 6.45) is 0. The van der Waals surface area contributed by atoms with Gasteiger partial charge in [-0.1, -0.05) is 18.2 Å². The molecule has 4 heteroatoms. The topological polar surface area (TPSA) is 64.3 Å². The van der Waals surface area contributed by atoms with E-state index in [0.29, 0.717) is 13.2 Å². The number of nitrogens with one attached hydrogen (secondary N) is 1. The molecule has 0 saturated heterocycles. The maximum Gasteiger partial charge on any atom is 0.237 e.